The molecule has 0 aromatic heterocycles. The summed E-state index contributed by atoms with van der Waals surface area (Å²) in [4.78, 5) is 14.1. The van der Waals surface area contributed by atoms with E-state index in [0.29, 0.717) is 38.3 Å². The minimum absolute atomic E-state index is 0.0465. The van der Waals surface area contributed by atoms with Crippen molar-refractivity contribution in [1.29, 1.82) is 0 Å². The van der Waals surface area contributed by atoms with E-state index >= 15 is 0 Å². The van der Waals surface area contributed by atoms with Gasteiger partial charge in [0.15, 0.2) is 5.78 Å². The topological polar surface area (TPSA) is 103 Å². The molecule has 6 aliphatic carbocycles. The molecule has 3 unspecified atom stereocenters. The van der Waals surface area contributed by atoms with Gasteiger partial charge in [0.05, 0.1) is 62.7 Å². The molecule has 15 atom stereocenters. The van der Waals surface area contributed by atoms with E-state index in [1.165, 1.54) is 6.42 Å². The van der Waals surface area contributed by atoms with Gasteiger partial charge in [0, 0.05) is 25.0 Å². The molecule has 8 fully saturated rings. The number of rotatable bonds is 12. The molecule has 46 heavy (non-hydrogen) atoms. The molecule has 0 amide bonds. The normalized spacial score (nSPS) is 53.0. The van der Waals surface area contributed by atoms with Crippen LogP contribution in [0.5, 0.6) is 0 Å². The lowest BCUT2D eigenvalue weighted by atomic mass is 9.43. The first-order chi connectivity index (χ1) is 21.8. The second-order valence-corrected chi connectivity index (χ2v) is 17.9. The van der Waals surface area contributed by atoms with Gasteiger partial charge in [-0.2, -0.15) is 0 Å². The first-order valence-electron chi connectivity index (χ1n) is 17.8. The van der Waals surface area contributed by atoms with Gasteiger partial charge in [0.25, 0.3) is 0 Å². The zero-order chi connectivity index (χ0) is 32.4. The fourth-order valence-electron chi connectivity index (χ4n) is 12.5. The standard InChI is InChI=1S/C36H56O10/c1-32(2)13-19-22(16-32)35(6)29(28-25(19)44-28)36(31(35)43-18-41-12-10-39-8)45-26-20-14-33(3,4)15-21(20)34(5)23(27(26)46-36)24(37)30(34)42-17-40-11-9-38-7/h19-23,25-31H,9-18H2,1-8H3/t19-,20-,21+,22+,23?,25+,26+,27-,28+,29?,30+,31-,34-,35-,36?/m1/s1. The van der Waals surface area contributed by atoms with Crippen LogP contribution in [-0.4, -0.2) is 102 Å². The second kappa shape index (κ2) is 10.9. The number of carbonyl (C=O) groups is 1. The van der Waals surface area contributed by atoms with Crippen LogP contribution in [0.25, 0.3) is 0 Å². The van der Waals surface area contributed by atoms with Crippen molar-refractivity contribution in [3.8, 4) is 0 Å². The van der Waals surface area contributed by atoms with E-state index in [-0.39, 0.29) is 95.2 Å². The molecule has 260 valence electrons. The molecule has 1 spiro atoms. The summed E-state index contributed by atoms with van der Waals surface area (Å²) < 4.78 is 56.1. The van der Waals surface area contributed by atoms with Crippen LogP contribution in [0.15, 0.2) is 0 Å². The van der Waals surface area contributed by atoms with Gasteiger partial charge < -0.3 is 42.6 Å². The summed E-state index contributed by atoms with van der Waals surface area (Å²) >= 11 is 0. The first-order valence-corrected chi connectivity index (χ1v) is 17.8. The average Bonchev–Trinajstić information content (AvgIpc) is 3.35. The number of ketones is 1. The van der Waals surface area contributed by atoms with E-state index in [1.54, 1.807) is 14.2 Å². The van der Waals surface area contributed by atoms with Gasteiger partial charge in [0.2, 0.25) is 5.79 Å². The van der Waals surface area contributed by atoms with Crippen molar-refractivity contribution in [2.75, 3.05) is 54.2 Å². The van der Waals surface area contributed by atoms with E-state index in [1.807, 2.05) is 0 Å². The zero-order valence-corrected chi connectivity index (χ0v) is 29.1. The highest BCUT2D eigenvalue weighted by atomic mass is 16.8. The molecular formula is C36H56O10. The summed E-state index contributed by atoms with van der Waals surface area (Å²) in [6.45, 7) is 16.3. The molecular weight excluding hydrogens is 592 g/mol. The molecule has 10 nitrogen and oxygen atoms in total. The minimum atomic E-state index is -0.968. The van der Waals surface area contributed by atoms with Crippen LogP contribution in [-0.2, 0) is 47.4 Å². The van der Waals surface area contributed by atoms with Crippen molar-refractivity contribution in [2.45, 2.75) is 110 Å². The lowest BCUT2D eigenvalue weighted by Gasteiger charge is -2.67. The largest absolute Gasteiger partial charge is 0.382 e. The molecule has 0 aromatic rings. The molecule has 2 saturated heterocycles. The quantitative estimate of drug-likeness (QED) is 0.174. The molecule has 0 bridgehead atoms. The fraction of sp³-hybridized carbons (Fsp3) is 0.972. The molecule has 0 radical (unpaired) electrons. The maximum atomic E-state index is 14.1. The molecule has 2 heterocycles. The number of hydrogen-bond acceptors (Lipinski definition) is 10. The molecule has 8 rings (SSSR count). The zero-order valence-electron chi connectivity index (χ0n) is 29.1. The van der Waals surface area contributed by atoms with Crippen molar-refractivity contribution < 1.29 is 47.4 Å². The van der Waals surface area contributed by atoms with Crippen LogP contribution in [0.3, 0.4) is 0 Å². The predicted octanol–water partition coefficient (Wildman–Crippen LogP) is 4.22. The van der Waals surface area contributed by atoms with Gasteiger partial charge in [-0.1, -0.05) is 41.5 Å². The average molecular weight is 649 g/mol. The van der Waals surface area contributed by atoms with Crippen LogP contribution in [0, 0.1) is 57.2 Å². The van der Waals surface area contributed by atoms with Crippen LogP contribution in [0.4, 0.5) is 0 Å². The van der Waals surface area contributed by atoms with E-state index in [0.717, 1.165) is 19.3 Å². The first kappa shape index (κ1) is 32.5. The second-order valence-electron chi connectivity index (χ2n) is 17.9. The number of ether oxygens (including phenoxy) is 9. The van der Waals surface area contributed by atoms with Gasteiger partial charge >= 0.3 is 0 Å². The van der Waals surface area contributed by atoms with Gasteiger partial charge in [-0.3, -0.25) is 4.79 Å². The summed E-state index contributed by atoms with van der Waals surface area (Å²) in [7, 11) is 3.32. The molecule has 10 heteroatoms. The number of fused-ring (bicyclic) bond motifs is 13. The minimum Gasteiger partial charge on any atom is -0.382 e. The highest BCUT2D eigenvalue weighted by Gasteiger charge is 2.88. The van der Waals surface area contributed by atoms with Crippen LogP contribution in [0.2, 0.25) is 0 Å². The van der Waals surface area contributed by atoms with Gasteiger partial charge in [-0.15, -0.1) is 0 Å². The number of methoxy groups -OCH3 is 2. The lowest BCUT2D eigenvalue weighted by Crippen LogP contribution is -2.79. The summed E-state index contributed by atoms with van der Waals surface area (Å²) in [6.07, 6.45) is 3.35. The van der Waals surface area contributed by atoms with Gasteiger partial charge in [-0.25, -0.2) is 0 Å². The molecule has 2 aliphatic heterocycles. The molecule has 0 N–H and O–H groups in total. The Morgan fingerprint density at radius 1 is 0.674 bits per heavy atom. The Kier molecular flexibility index (Phi) is 7.71. The summed E-state index contributed by atoms with van der Waals surface area (Å²) in [5.74, 6) is 0.411. The Hall–Kier alpha value is -0.690. The van der Waals surface area contributed by atoms with Gasteiger partial charge in [0.1, 0.15) is 25.8 Å². The maximum Gasteiger partial charge on any atom is 0.202 e. The van der Waals surface area contributed by atoms with Crippen LogP contribution < -0.4 is 0 Å². The smallest absolute Gasteiger partial charge is 0.202 e. The third kappa shape index (κ3) is 4.36. The highest BCUT2D eigenvalue weighted by molar-refractivity contribution is 5.95. The summed E-state index contributed by atoms with van der Waals surface area (Å²) in [5.41, 5.74) is -0.149. The predicted molar refractivity (Wildman–Crippen MR) is 164 cm³/mol. The number of carbonyl (C=O) groups excluding carboxylic acids is 1. The van der Waals surface area contributed by atoms with Crippen molar-refractivity contribution in [1.82, 2.24) is 0 Å². The van der Waals surface area contributed by atoms with Crippen molar-refractivity contribution in [3.05, 3.63) is 0 Å². The maximum absolute atomic E-state index is 14.1. The third-order valence-corrected chi connectivity index (χ3v) is 14.1. The van der Waals surface area contributed by atoms with Crippen LogP contribution in [0.1, 0.15) is 67.2 Å². The van der Waals surface area contributed by atoms with Crippen molar-refractivity contribution >= 4 is 5.78 Å². The van der Waals surface area contributed by atoms with E-state index in [9.17, 15) is 4.79 Å². The van der Waals surface area contributed by atoms with Crippen molar-refractivity contribution in [3.63, 3.8) is 0 Å². The Morgan fingerprint density at radius 2 is 1.24 bits per heavy atom. The fourth-order valence-corrected chi connectivity index (χ4v) is 12.5. The number of Topliss-reactive ketones (excluding diaryl/α,β-unsaturated/α-hetero) is 1. The Labute approximate surface area is 274 Å². The monoisotopic (exact) mass is 648 g/mol. The van der Waals surface area contributed by atoms with Crippen LogP contribution >= 0.6 is 0 Å². The molecule has 0 aromatic carbocycles. The SMILES string of the molecule is COCCOCO[C@H]1C(=O)C2[C@H]3OC4(O[C@H]3[C@@H]3CC(C)(C)C[C@@H]3[C@]21C)C1[C@H]2O[C@H]2[C@@H]2CC(C)(C)C[C@@H]2[C@@]1(C)[C@H]4OCOCCOC. The third-order valence-electron chi connectivity index (χ3n) is 14.1. The Balaban J connectivity index is 1.11. The highest BCUT2D eigenvalue weighted by Crippen LogP contribution is 2.78. The molecule has 6 saturated carbocycles. The number of hydrogen-bond donors (Lipinski definition) is 0. The molecule has 8 aliphatic rings. The Morgan fingerprint density at radius 3 is 1.87 bits per heavy atom. The summed E-state index contributed by atoms with van der Waals surface area (Å²) in [6, 6.07) is 0. The van der Waals surface area contributed by atoms with Crippen molar-refractivity contribution in [2.24, 2.45) is 57.2 Å². The van der Waals surface area contributed by atoms with E-state index < -0.39 is 11.9 Å². The van der Waals surface area contributed by atoms with Gasteiger partial charge in [-0.05, 0) is 60.2 Å². The van der Waals surface area contributed by atoms with E-state index in [4.69, 9.17) is 42.6 Å². The Bertz CT molecular complexity index is 1210. The number of epoxide rings is 1. The van der Waals surface area contributed by atoms with E-state index in [2.05, 4.69) is 41.5 Å². The summed E-state index contributed by atoms with van der Waals surface area (Å²) in [5, 5.41) is 0. The lowest BCUT2D eigenvalue weighted by molar-refractivity contribution is -0.416.